The second kappa shape index (κ2) is 3.46. The largest absolute Gasteiger partial charge is 0.396 e. The second-order valence-electron chi connectivity index (χ2n) is 3.88. The van der Waals surface area contributed by atoms with Gasteiger partial charge in [0.15, 0.2) is 0 Å². The zero-order valence-electron chi connectivity index (χ0n) is 8.03. The van der Waals surface area contributed by atoms with Gasteiger partial charge in [0, 0.05) is 6.20 Å². The van der Waals surface area contributed by atoms with Gasteiger partial charge < -0.3 is 16.2 Å². The lowest BCUT2D eigenvalue weighted by Gasteiger charge is -2.42. The standard InChI is InChI=1S/C10H15N3O/c11-8-6-12-5-2-9(8)13-10(7-14)3-1-4-10/h2,5-6,14H,1,3-4,7,11H2,(H,12,13). The minimum absolute atomic E-state index is 0.143. The maximum atomic E-state index is 9.27. The Morgan fingerprint density at radius 3 is 2.86 bits per heavy atom. The van der Waals surface area contributed by atoms with Crippen LogP contribution in [0.15, 0.2) is 18.5 Å². The molecular weight excluding hydrogens is 178 g/mol. The maximum absolute atomic E-state index is 9.27. The van der Waals surface area contributed by atoms with Gasteiger partial charge >= 0.3 is 0 Å². The third-order valence-corrected chi connectivity index (χ3v) is 2.87. The van der Waals surface area contributed by atoms with E-state index in [9.17, 15) is 5.11 Å². The first-order valence-electron chi connectivity index (χ1n) is 4.84. The molecule has 0 bridgehead atoms. The summed E-state index contributed by atoms with van der Waals surface area (Å²) in [6.45, 7) is 0.161. The fraction of sp³-hybridized carbons (Fsp3) is 0.500. The Hall–Kier alpha value is -1.29. The fourth-order valence-electron chi connectivity index (χ4n) is 1.73. The summed E-state index contributed by atoms with van der Waals surface area (Å²) in [7, 11) is 0. The van der Waals surface area contributed by atoms with Gasteiger partial charge in [-0.05, 0) is 25.3 Å². The summed E-state index contributed by atoms with van der Waals surface area (Å²) in [5.41, 5.74) is 7.11. The maximum Gasteiger partial charge on any atom is 0.0736 e. The number of pyridine rings is 1. The van der Waals surface area contributed by atoms with E-state index >= 15 is 0 Å². The summed E-state index contributed by atoms with van der Waals surface area (Å²) in [5.74, 6) is 0. The topological polar surface area (TPSA) is 71.2 Å². The van der Waals surface area contributed by atoms with E-state index in [1.807, 2.05) is 6.07 Å². The van der Waals surface area contributed by atoms with Crippen LogP contribution in [0.1, 0.15) is 19.3 Å². The minimum Gasteiger partial charge on any atom is -0.396 e. The van der Waals surface area contributed by atoms with Gasteiger partial charge in [0.2, 0.25) is 0 Å². The number of hydrogen-bond acceptors (Lipinski definition) is 4. The summed E-state index contributed by atoms with van der Waals surface area (Å²) in [4.78, 5) is 3.92. The molecule has 0 aromatic carbocycles. The van der Waals surface area contributed by atoms with E-state index in [1.54, 1.807) is 12.4 Å². The van der Waals surface area contributed by atoms with E-state index < -0.39 is 0 Å². The van der Waals surface area contributed by atoms with Crippen molar-refractivity contribution in [1.29, 1.82) is 0 Å². The lowest BCUT2D eigenvalue weighted by atomic mass is 9.77. The van der Waals surface area contributed by atoms with Crippen LogP contribution < -0.4 is 11.1 Å². The Morgan fingerprint density at radius 2 is 2.36 bits per heavy atom. The number of aromatic nitrogens is 1. The van der Waals surface area contributed by atoms with Gasteiger partial charge in [-0.3, -0.25) is 4.98 Å². The van der Waals surface area contributed by atoms with Gasteiger partial charge in [0.1, 0.15) is 0 Å². The number of aliphatic hydroxyl groups excluding tert-OH is 1. The molecule has 4 nitrogen and oxygen atoms in total. The van der Waals surface area contributed by atoms with E-state index in [1.165, 1.54) is 6.42 Å². The number of nitrogens with zero attached hydrogens (tertiary/aromatic N) is 1. The molecule has 2 rings (SSSR count). The third kappa shape index (κ3) is 1.53. The number of aliphatic hydroxyl groups is 1. The Kier molecular flexibility index (Phi) is 2.29. The SMILES string of the molecule is Nc1cnccc1NC1(CO)CCC1. The molecule has 0 unspecified atom stereocenters. The summed E-state index contributed by atoms with van der Waals surface area (Å²) in [6, 6.07) is 1.84. The van der Waals surface area contributed by atoms with Crippen LogP contribution in [-0.4, -0.2) is 22.2 Å². The van der Waals surface area contributed by atoms with Crippen molar-refractivity contribution in [3.05, 3.63) is 18.5 Å². The Morgan fingerprint density at radius 1 is 1.57 bits per heavy atom. The van der Waals surface area contributed by atoms with Crippen molar-refractivity contribution in [2.24, 2.45) is 0 Å². The molecular formula is C10H15N3O. The molecule has 4 heteroatoms. The van der Waals surface area contributed by atoms with Crippen LogP contribution in [0.3, 0.4) is 0 Å². The highest BCUT2D eigenvalue weighted by Crippen LogP contribution is 2.35. The van der Waals surface area contributed by atoms with Gasteiger partial charge in [0.05, 0.1) is 29.7 Å². The number of hydrogen-bond donors (Lipinski definition) is 3. The molecule has 0 spiro atoms. The molecule has 0 aliphatic heterocycles. The van der Waals surface area contributed by atoms with Crippen LogP contribution in [0, 0.1) is 0 Å². The molecule has 0 saturated heterocycles. The van der Waals surface area contributed by atoms with Crippen molar-refractivity contribution < 1.29 is 5.11 Å². The summed E-state index contributed by atoms with van der Waals surface area (Å²) < 4.78 is 0. The van der Waals surface area contributed by atoms with Crippen molar-refractivity contribution in [3.8, 4) is 0 Å². The molecule has 1 aromatic heterocycles. The van der Waals surface area contributed by atoms with Crippen molar-refractivity contribution in [1.82, 2.24) is 4.98 Å². The summed E-state index contributed by atoms with van der Waals surface area (Å²) >= 11 is 0. The van der Waals surface area contributed by atoms with E-state index in [4.69, 9.17) is 5.73 Å². The van der Waals surface area contributed by atoms with Crippen LogP contribution in [0.2, 0.25) is 0 Å². The molecule has 0 amide bonds. The fourth-order valence-corrected chi connectivity index (χ4v) is 1.73. The highest BCUT2D eigenvalue weighted by molar-refractivity contribution is 5.65. The predicted molar refractivity (Wildman–Crippen MR) is 55.9 cm³/mol. The van der Waals surface area contributed by atoms with Crippen molar-refractivity contribution >= 4 is 11.4 Å². The van der Waals surface area contributed by atoms with Crippen molar-refractivity contribution in [2.75, 3.05) is 17.7 Å². The normalized spacial score (nSPS) is 18.6. The first-order chi connectivity index (χ1) is 6.76. The molecule has 1 aromatic rings. The van der Waals surface area contributed by atoms with E-state index in [2.05, 4.69) is 10.3 Å². The van der Waals surface area contributed by atoms with Crippen LogP contribution in [0.5, 0.6) is 0 Å². The molecule has 76 valence electrons. The molecule has 1 fully saturated rings. The van der Waals surface area contributed by atoms with Gasteiger partial charge in [-0.15, -0.1) is 0 Å². The number of nitrogen functional groups attached to an aromatic ring is 1. The highest BCUT2D eigenvalue weighted by Gasteiger charge is 2.36. The predicted octanol–water partition coefficient (Wildman–Crippen LogP) is 0.991. The van der Waals surface area contributed by atoms with Crippen molar-refractivity contribution in [3.63, 3.8) is 0 Å². The van der Waals surface area contributed by atoms with Crippen LogP contribution in [0.25, 0.3) is 0 Å². The first-order valence-corrected chi connectivity index (χ1v) is 4.84. The van der Waals surface area contributed by atoms with Crippen LogP contribution >= 0.6 is 0 Å². The Balaban J connectivity index is 2.13. The van der Waals surface area contributed by atoms with Crippen LogP contribution in [0.4, 0.5) is 11.4 Å². The molecule has 1 aliphatic rings. The van der Waals surface area contributed by atoms with E-state index in [-0.39, 0.29) is 12.1 Å². The zero-order valence-corrected chi connectivity index (χ0v) is 8.03. The summed E-state index contributed by atoms with van der Waals surface area (Å²) in [5, 5.41) is 12.6. The quantitative estimate of drug-likeness (QED) is 0.669. The molecule has 1 saturated carbocycles. The molecule has 4 N–H and O–H groups in total. The first kappa shape index (κ1) is 9.27. The molecule has 1 aliphatic carbocycles. The van der Waals surface area contributed by atoms with Crippen LogP contribution in [-0.2, 0) is 0 Å². The number of rotatable bonds is 3. The minimum atomic E-state index is -0.143. The van der Waals surface area contributed by atoms with Gasteiger partial charge in [-0.1, -0.05) is 0 Å². The van der Waals surface area contributed by atoms with E-state index in [0.717, 1.165) is 18.5 Å². The molecule has 0 atom stereocenters. The van der Waals surface area contributed by atoms with Gasteiger partial charge in [-0.25, -0.2) is 0 Å². The highest BCUT2D eigenvalue weighted by atomic mass is 16.3. The Bertz CT molecular complexity index is 317. The average Bonchev–Trinajstić information content (AvgIpc) is 2.14. The number of nitrogens with two attached hydrogens (primary N) is 1. The third-order valence-electron chi connectivity index (χ3n) is 2.87. The molecule has 0 radical (unpaired) electrons. The second-order valence-corrected chi connectivity index (χ2v) is 3.88. The van der Waals surface area contributed by atoms with Gasteiger partial charge in [0.25, 0.3) is 0 Å². The van der Waals surface area contributed by atoms with Gasteiger partial charge in [-0.2, -0.15) is 0 Å². The number of anilines is 2. The van der Waals surface area contributed by atoms with Crippen molar-refractivity contribution in [2.45, 2.75) is 24.8 Å². The lowest BCUT2D eigenvalue weighted by Crippen LogP contribution is -2.48. The number of nitrogens with one attached hydrogen (secondary N) is 1. The zero-order chi connectivity index (χ0) is 10.0. The Labute approximate surface area is 83.2 Å². The average molecular weight is 193 g/mol. The molecule has 14 heavy (non-hydrogen) atoms. The monoisotopic (exact) mass is 193 g/mol. The molecule has 1 heterocycles. The summed E-state index contributed by atoms with van der Waals surface area (Å²) in [6.07, 6.45) is 6.49. The smallest absolute Gasteiger partial charge is 0.0736 e. The lowest BCUT2D eigenvalue weighted by molar-refractivity contribution is 0.144. The van der Waals surface area contributed by atoms with E-state index in [0.29, 0.717) is 5.69 Å².